The van der Waals surface area contributed by atoms with E-state index in [1.807, 2.05) is 29.2 Å². The molecular weight excluding hydrogens is 320 g/mol. The maximum atomic E-state index is 13.3. The molecule has 0 saturated heterocycles. The van der Waals surface area contributed by atoms with E-state index in [4.69, 9.17) is 5.73 Å². The maximum Gasteiger partial charge on any atom is 0.234 e. The number of carbonyl (C=O) groups is 1. The van der Waals surface area contributed by atoms with E-state index in [1.54, 1.807) is 0 Å². The summed E-state index contributed by atoms with van der Waals surface area (Å²) in [6.45, 7) is 0.800. The quantitative estimate of drug-likeness (QED) is 0.793. The first kappa shape index (κ1) is 16.8. The Hall–Kier alpha value is -2.00. The number of aryl methyl sites for hydroxylation is 1. The lowest BCUT2D eigenvalue weighted by Gasteiger charge is -2.35. The van der Waals surface area contributed by atoms with Gasteiger partial charge >= 0.3 is 0 Å². The molecule has 0 spiro atoms. The molecule has 2 N–H and O–H groups in total. The second kappa shape index (κ2) is 6.86. The Morgan fingerprint density at radius 2 is 1.88 bits per heavy atom. The molecule has 2 aliphatic rings. The van der Waals surface area contributed by atoms with Crippen LogP contribution in [0.15, 0.2) is 42.5 Å². The standard InChI is InChI=1S/C20H22N2O.ClH/c21-18-11-4-12-19-17(18)10-5-13-22(19)20(23)16-9-3-7-14-6-1-2-8-15(14)16;/h1-2,4,6,8,11-12,16H,3,5,7,9-10,13,21H2;1H. The summed E-state index contributed by atoms with van der Waals surface area (Å²) in [6.07, 6.45) is 5.08. The highest BCUT2D eigenvalue weighted by Crippen LogP contribution is 2.37. The van der Waals surface area contributed by atoms with Gasteiger partial charge in [-0.2, -0.15) is 0 Å². The van der Waals surface area contributed by atoms with Gasteiger partial charge in [-0.05, 0) is 60.9 Å². The van der Waals surface area contributed by atoms with Gasteiger partial charge in [0.05, 0.1) is 5.92 Å². The summed E-state index contributed by atoms with van der Waals surface area (Å²) < 4.78 is 0. The highest BCUT2D eigenvalue weighted by molar-refractivity contribution is 6.00. The van der Waals surface area contributed by atoms with Crippen LogP contribution in [-0.4, -0.2) is 12.5 Å². The van der Waals surface area contributed by atoms with Crippen LogP contribution >= 0.6 is 12.4 Å². The van der Waals surface area contributed by atoms with Crippen molar-refractivity contribution >= 4 is 29.7 Å². The number of anilines is 2. The van der Waals surface area contributed by atoms with Crippen LogP contribution in [0.4, 0.5) is 11.4 Å². The third-order valence-corrected chi connectivity index (χ3v) is 5.22. The number of nitrogen functional groups attached to an aromatic ring is 1. The van der Waals surface area contributed by atoms with Crippen LogP contribution in [0.3, 0.4) is 0 Å². The second-order valence-corrected chi connectivity index (χ2v) is 6.58. The van der Waals surface area contributed by atoms with E-state index in [-0.39, 0.29) is 24.2 Å². The molecule has 1 heterocycles. The molecule has 1 aliphatic heterocycles. The average molecular weight is 343 g/mol. The van der Waals surface area contributed by atoms with E-state index >= 15 is 0 Å². The molecule has 126 valence electrons. The first-order chi connectivity index (χ1) is 11.3. The van der Waals surface area contributed by atoms with E-state index < -0.39 is 0 Å². The first-order valence-corrected chi connectivity index (χ1v) is 8.52. The molecule has 0 saturated carbocycles. The predicted molar refractivity (Wildman–Crippen MR) is 101 cm³/mol. The van der Waals surface area contributed by atoms with Gasteiger partial charge in [0.2, 0.25) is 5.91 Å². The third kappa shape index (κ3) is 2.78. The van der Waals surface area contributed by atoms with E-state index in [0.717, 1.165) is 55.6 Å². The Labute approximate surface area is 149 Å². The number of benzene rings is 2. The van der Waals surface area contributed by atoms with Gasteiger partial charge in [-0.1, -0.05) is 30.3 Å². The molecule has 4 rings (SSSR count). The molecule has 0 aromatic heterocycles. The van der Waals surface area contributed by atoms with Crippen molar-refractivity contribution in [3.05, 3.63) is 59.2 Å². The van der Waals surface area contributed by atoms with Gasteiger partial charge in [-0.25, -0.2) is 0 Å². The van der Waals surface area contributed by atoms with Gasteiger partial charge in [-0.3, -0.25) is 4.79 Å². The molecule has 0 radical (unpaired) electrons. The Balaban J connectivity index is 0.00000169. The zero-order valence-corrected chi connectivity index (χ0v) is 14.5. The van der Waals surface area contributed by atoms with Crippen LogP contribution in [0.1, 0.15) is 41.9 Å². The largest absolute Gasteiger partial charge is 0.398 e. The van der Waals surface area contributed by atoms with E-state index in [2.05, 4.69) is 18.2 Å². The summed E-state index contributed by atoms with van der Waals surface area (Å²) in [4.78, 5) is 15.2. The highest BCUT2D eigenvalue weighted by atomic mass is 35.5. The van der Waals surface area contributed by atoms with E-state index in [1.165, 1.54) is 11.1 Å². The SMILES string of the molecule is Cl.Nc1cccc2c1CCCN2C(=O)C1CCCc2ccccc21. The lowest BCUT2D eigenvalue weighted by atomic mass is 9.81. The van der Waals surface area contributed by atoms with Gasteiger partial charge in [-0.15, -0.1) is 12.4 Å². The lowest BCUT2D eigenvalue weighted by Crippen LogP contribution is -2.40. The highest BCUT2D eigenvalue weighted by Gasteiger charge is 2.32. The fraction of sp³-hybridized carbons (Fsp3) is 0.350. The van der Waals surface area contributed by atoms with Crippen molar-refractivity contribution in [1.82, 2.24) is 0 Å². The molecular formula is C20H23ClN2O. The molecule has 1 amide bonds. The Kier molecular flexibility index (Phi) is 4.81. The summed E-state index contributed by atoms with van der Waals surface area (Å²) in [7, 11) is 0. The van der Waals surface area contributed by atoms with Gasteiger partial charge in [0.25, 0.3) is 0 Å². The minimum atomic E-state index is -0.00710. The minimum Gasteiger partial charge on any atom is -0.398 e. The van der Waals surface area contributed by atoms with Crippen molar-refractivity contribution < 1.29 is 4.79 Å². The molecule has 0 fully saturated rings. The first-order valence-electron chi connectivity index (χ1n) is 8.52. The number of rotatable bonds is 1. The molecule has 1 atom stereocenters. The predicted octanol–water partition coefficient (Wildman–Crippen LogP) is 4.09. The van der Waals surface area contributed by atoms with Crippen molar-refractivity contribution in [2.75, 3.05) is 17.2 Å². The van der Waals surface area contributed by atoms with Gasteiger partial charge in [0, 0.05) is 17.9 Å². The molecule has 3 nitrogen and oxygen atoms in total. The van der Waals surface area contributed by atoms with Gasteiger partial charge in [0.1, 0.15) is 0 Å². The molecule has 1 aliphatic carbocycles. The van der Waals surface area contributed by atoms with Crippen LogP contribution in [0.25, 0.3) is 0 Å². The number of halogens is 1. The molecule has 4 heteroatoms. The van der Waals surface area contributed by atoms with Gasteiger partial charge in [0.15, 0.2) is 0 Å². The molecule has 2 aromatic rings. The minimum absolute atomic E-state index is 0. The topological polar surface area (TPSA) is 46.3 Å². The number of hydrogen-bond donors (Lipinski definition) is 1. The van der Waals surface area contributed by atoms with Crippen molar-refractivity contribution in [2.24, 2.45) is 0 Å². The van der Waals surface area contributed by atoms with Crippen molar-refractivity contribution in [3.8, 4) is 0 Å². The van der Waals surface area contributed by atoms with Crippen molar-refractivity contribution in [3.63, 3.8) is 0 Å². The van der Waals surface area contributed by atoms with Crippen molar-refractivity contribution in [2.45, 2.75) is 38.0 Å². The molecule has 1 unspecified atom stereocenters. The second-order valence-electron chi connectivity index (χ2n) is 6.58. The summed E-state index contributed by atoms with van der Waals surface area (Å²) in [5, 5.41) is 0. The van der Waals surface area contributed by atoms with Crippen LogP contribution in [0.2, 0.25) is 0 Å². The normalized spacial score (nSPS) is 19.0. The monoisotopic (exact) mass is 342 g/mol. The summed E-state index contributed by atoms with van der Waals surface area (Å²) in [5.74, 6) is 0.232. The van der Waals surface area contributed by atoms with Crippen molar-refractivity contribution in [1.29, 1.82) is 0 Å². The zero-order chi connectivity index (χ0) is 15.8. The lowest BCUT2D eigenvalue weighted by molar-refractivity contribution is -0.120. The summed E-state index contributed by atoms with van der Waals surface area (Å²) in [6, 6.07) is 14.3. The van der Waals surface area contributed by atoms with E-state index in [0.29, 0.717) is 0 Å². The van der Waals surface area contributed by atoms with Crippen LogP contribution < -0.4 is 10.6 Å². The number of hydrogen-bond acceptors (Lipinski definition) is 2. The average Bonchev–Trinajstić information content (AvgIpc) is 2.60. The van der Waals surface area contributed by atoms with Gasteiger partial charge < -0.3 is 10.6 Å². The number of amides is 1. The Morgan fingerprint density at radius 3 is 2.75 bits per heavy atom. The van der Waals surface area contributed by atoms with Crippen LogP contribution in [0, 0.1) is 0 Å². The fourth-order valence-corrected chi connectivity index (χ4v) is 4.08. The maximum absolute atomic E-state index is 13.3. The number of fused-ring (bicyclic) bond motifs is 2. The third-order valence-electron chi connectivity index (χ3n) is 5.22. The smallest absolute Gasteiger partial charge is 0.234 e. The van der Waals surface area contributed by atoms with Crippen LogP contribution in [0.5, 0.6) is 0 Å². The molecule has 0 bridgehead atoms. The number of nitrogens with zero attached hydrogens (tertiary/aromatic N) is 1. The van der Waals surface area contributed by atoms with E-state index in [9.17, 15) is 4.79 Å². The molecule has 2 aromatic carbocycles. The summed E-state index contributed by atoms with van der Waals surface area (Å²) in [5.41, 5.74) is 11.6. The van der Waals surface area contributed by atoms with Crippen LogP contribution in [-0.2, 0) is 17.6 Å². The summed E-state index contributed by atoms with van der Waals surface area (Å²) >= 11 is 0. The Morgan fingerprint density at radius 1 is 1.04 bits per heavy atom. The number of nitrogens with two attached hydrogens (primary N) is 1. The Bertz CT molecular complexity index is 759. The zero-order valence-electron chi connectivity index (χ0n) is 13.7. The molecule has 24 heavy (non-hydrogen) atoms. The fourth-order valence-electron chi connectivity index (χ4n) is 4.08. The number of carbonyl (C=O) groups excluding carboxylic acids is 1.